The molecule has 2 rings (SSSR count). The Morgan fingerprint density at radius 1 is 1.29 bits per heavy atom. The van der Waals surface area contributed by atoms with Crippen LogP contribution in [-0.4, -0.2) is 23.4 Å². The Balaban J connectivity index is 2.37. The van der Waals surface area contributed by atoms with E-state index in [9.17, 15) is 8.42 Å². The van der Waals surface area contributed by atoms with Crippen molar-refractivity contribution in [2.75, 3.05) is 4.72 Å². The molecule has 0 atom stereocenters. The van der Waals surface area contributed by atoms with E-state index in [2.05, 4.69) is 19.7 Å². The lowest BCUT2D eigenvalue weighted by Crippen LogP contribution is -2.13. The number of rotatable bonds is 3. The van der Waals surface area contributed by atoms with E-state index in [0.29, 0.717) is 0 Å². The van der Waals surface area contributed by atoms with E-state index in [1.54, 1.807) is 0 Å². The van der Waals surface area contributed by atoms with Gasteiger partial charge in [-0.3, -0.25) is 4.72 Å². The fourth-order valence-electron chi connectivity index (χ4n) is 1.08. The van der Waals surface area contributed by atoms with Crippen LogP contribution in [0.15, 0.2) is 29.7 Å². The highest BCUT2D eigenvalue weighted by Gasteiger charge is 2.18. The Kier molecular flexibility index (Phi) is 3.23. The molecule has 17 heavy (non-hydrogen) atoms. The zero-order valence-electron chi connectivity index (χ0n) is 8.18. The highest BCUT2D eigenvalue weighted by molar-refractivity contribution is 7.92. The molecule has 2 aromatic heterocycles. The van der Waals surface area contributed by atoms with E-state index in [0.717, 1.165) is 6.33 Å². The number of H-pyrrole nitrogens is 1. The molecule has 0 saturated carbocycles. The normalized spacial score (nSPS) is 11.4. The van der Waals surface area contributed by atoms with Crippen LogP contribution in [0.25, 0.3) is 0 Å². The number of aromatic amines is 1. The molecule has 0 aromatic carbocycles. The third-order valence-corrected chi connectivity index (χ3v) is 3.94. The minimum atomic E-state index is -3.72. The van der Waals surface area contributed by atoms with Crippen molar-refractivity contribution in [1.82, 2.24) is 15.0 Å². The first kappa shape index (κ1) is 12.2. The highest BCUT2D eigenvalue weighted by atomic mass is 35.5. The lowest BCUT2D eigenvalue weighted by molar-refractivity contribution is 0.601. The Labute approximate surface area is 107 Å². The summed E-state index contributed by atoms with van der Waals surface area (Å²) < 4.78 is 25.9. The van der Waals surface area contributed by atoms with Gasteiger partial charge in [0.15, 0.2) is 11.0 Å². The standard InChI is InChI=1S/C8H6Cl2N4O2S/c9-6-7(10)12-4-13-8(6)14-17(15,16)5-1-2-11-3-5/h1-4,11H,(H,12,13,14). The van der Waals surface area contributed by atoms with E-state index in [4.69, 9.17) is 23.2 Å². The molecule has 0 spiro atoms. The quantitative estimate of drug-likeness (QED) is 0.846. The zero-order chi connectivity index (χ0) is 12.5. The van der Waals surface area contributed by atoms with E-state index in [1.807, 2.05) is 0 Å². The largest absolute Gasteiger partial charge is 0.366 e. The summed E-state index contributed by atoms with van der Waals surface area (Å²) in [6.45, 7) is 0. The summed E-state index contributed by atoms with van der Waals surface area (Å²) in [6, 6.07) is 1.40. The predicted molar refractivity (Wildman–Crippen MR) is 63.7 cm³/mol. The number of anilines is 1. The topological polar surface area (TPSA) is 87.7 Å². The first-order valence-electron chi connectivity index (χ1n) is 4.32. The summed E-state index contributed by atoms with van der Waals surface area (Å²) in [5.74, 6) is -0.0622. The van der Waals surface area contributed by atoms with Crippen LogP contribution in [0.2, 0.25) is 10.2 Å². The second kappa shape index (κ2) is 4.52. The maximum absolute atomic E-state index is 11.8. The predicted octanol–water partition coefficient (Wildman–Crippen LogP) is 1.91. The van der Waals surface area contributed by atoms with Crippen molar-refractivity contribution < 1.29 is 8.42 Å². The molecule has 0 bridgehead atoms. The number of hydrogen-bond acceptors (Lipinski definition) is 4. The average molecular weight is 293 g/mol. The van der Waals surface area contributed by atoms with Crippen LogP contribution in [0, 0.1) is 0 Å². The third-order valence-electron chi connectivity index (χ3n) is 1.86. The minimum absolute atomic E-state index is 0.0200. The van der Waals surface area contributed by atoms with Gasteiger partial charge in [-0.15, -0.1) is 0 Å². The van der Waals surface area contributed by atoms with Gasteiger partial charge in [0, 0.05) is 12.4 Å². The Hall–Kier alpha value is -1.31. The van der Waals surface area contributed by atoms with Crippen LogP contribution >= 0.6 is 23.2 Å². The smallest absolute Gasteiger partial charge is 0.264 e. The van der Waals surface area contributed by atoms with Crippen LogP contribution in [0.1, 0.15) is 0 Å². The zero-order valence-corrected chi connectivity index (χ0v) is 10.5. The maximum atomic E-state index is 11.8. The molecule has 0 aliphatic heterocycles. The number of aromatic nitrogens is 3. The number of hydrogen-bond donors (Lipinski definition) is 2. The molecular formula is C8H6Cl2N4O2S. The van der Waals surface area contributed by atoms with Gasteiger partial charge in [-0.1, -0.05) is 23.2 Å². The van der Waals surface area contributed by atoms with Gasteiger partial charge in [-0.05, 0) is 6.07 Å². The van der Waals surface area contributed by atoms with Crippen LogP contribution in [-0.2, 0) is 10.0 Å². The summed E-state index contributed by atoms with van der Waals surface area (Å²) in [5, 5.41) is -0.0679. The molecule has 0 saturated heterocycles. The van der Waals surface area contributed by atoms with Crippen molar-refractivity contribution in [3.8, 4) is 0 Å². The summed E-state index contributed by atoms with van der Waals surface area (Å²) in [4.78, 5) is 10.0. The molecule has 9 heteroatoms. The van der Waals surface area contributed by atoms with Gasteiger partial charge in [-0.2, -0.15) is 0 Å². The fraction of sp³-hybridized carbons (Fsp3) is 0. The number of nitrogens with zero attached hydrogens (tertiary/aromatic N) is 2. The van der Waals surface area contributed by atoms with E-state index in [-0.39, 0.29) is 20.9 Å². The Bertz CT molecular complexity index is 627. The third kappa shape index (κ3) is 2.51. The SMILES string of the molecule is O=S(=O)(Nc1ncnc(Cl)c1Cl)c1cc[nH]c1. The molecule has 0 aliphatic rings. The van der Waals surface area contributed by atoms with Gasteiger partial charge in [0.25, 0.3) is 10.0 Å². The monoisotopic (exact) mass is 292 g/mol. The Morgan fingerprint density at radius 2 is 2.06 bits per heavy atom. The van der Waals surface area contributed by atoms with E-state index in [1.165, 1.54) is 18.5 Å². The van der Waals surface area contributed by atoms with Gasteiger partial charge < -0.3 is 4.98 Å². The van der Waals surface area contributed by atoms with Crippen LogP contribution in [0.3, 0.4) is 0 Å². The van der Waals surface area contributed by atoms with Gasteiger partial charge in [-0.25, -0.2) is 18.4 Å². The van der Waals surface area contributed by atoms with Crippen molar-refractivity contribution in [3.05, 3.63) is 35.0 Å². The second-order valence-corrected chi connectivity index (χ2v) is 5.40. The van der Waals surface area contributed by atoms with E-state index >= 15 is 0 Å². The van der Waals surface area contributed by atoms with Crippen LogP contribution < -0.4 is 4.72 Å². The van der Waals surface area contributed by atoms with Crippen molar-refractivity contribution in [2.24, 2.45) is 0 Å². The molecule has 6 nitrogen and oxygen atoms in total. The summed E-state index contributed by atoms with van der Waals surface area (Å²) in [6.07, 6.45) is 3.94. The molecule has 0 aliphatic carbocycles. The van der Waals surface area contributed by atoms with Crippen LogP contribution in [0.4, 0.5) is 5.82 Å². The number of sulfonamides is 1. The highest BCUT2D eigenvalue weighted by Crippen LogP contribution is 2.27. The maximum Gasteiger partial charge on any atom is 0.264 e. The molecule has 2 heterocycles. The molecule has 0 unspecified atom stereocenters. The lowest BCUT2D eigenvalue weighted by Gasteiger charge is -2.07. The van der Waals surface area contributed by atoms with Crippen LogP contribution in [0.5, 0.6) is 0 Å². The van der Waals surface area contributed by atoms with Crippen molar-refractivity contribution >= 4 is 39.0 Å². The molecule has 2 N–H and O–H groups in total. The fourth-order valence-corrected chi connectivity index (χ4v) is 2.41. The van der Waals surface area contributed by atoms with Crippen molar-refractivity contribution in [2.45, 2.75) is 4.90 Å². The molecule has 90 valence electrons. The van der Waals surface area contributed by atoms with Crippen molar-refractivity contribution in [3.63, 3.8) is 0 Å². The first-order valence-corrected chi connectivity index (χ1v) is 6.56. The molecular weight excluding hydrogens is 287 g/mol. The van der Waals surface area contributed by atoms with Gasteiger partial charge in [0.2, 0.25) is 0 Å². The molecule has 0 amide bonds. The molecule has 0 radical (unpaired) electrons. The summed E-state index contributed by atoms with van der Waals surface area (Å²) >= 11 is 11.4. The van der Waals surface area contributed by atoms with Gasteiger partial charge in [0.05, 0.1) is 0 Å². The lowest BCUT2D eigenvalue weighted by atomic mass is 10.6. The first-order chi connectivity index (χ1) is 8.00. The Morgan fingerprint density at radius 3 is 2.71 bits per heavy atom. The van der Waals surface area contributed by atoms with E-state index < -0.39 is 10.0 Å². The molecule has 0 fully saturated rings. The molecule has 2 aromatic rings. The summed E-state index contributed by atoms with van der Waals surface area (Å²) in [7, 11) is -3.72. The number of nitrogens with one attached hydrogen (secondary N) is 2. The minimum Gasteiger partial charge on any atom is -0.366 e. The van der Waals surface area contributed by atoms with Crippen molar-refractivity contribution in [1.29, 1.82) is 0 Å². The van der Waals surface area contributed by atoms with Gasteiger partial charge in [0.1, 0.15) is 16.2 Å². The average Bonchev–Trinajstić information content (AvgIpc) is 2.78. The van der Waals surface area contributed by atoms with Gasteiger partial charge >= 0.3 is 0 Å². The second-order valence-electron chi connectivity index (χ2n) is 2.98. The summed E-state index contributed by atoms with van der Waals surface area (Å²) in [5.41, 5.74) is 0. The number of halogens is 2.